The van der Waals surface area contributed by atoms with Crippen molar-refractivity contribution in [1.29, 1.82) is 0 Å². The highest BCUT2D eigenvalue weighted by molar-refractivity contribution is 5.90. The van der Waals surface area contributed by atoms with Crippen molar-refractivity contribution in [2.45, 2.75) is 50.7 Å². The third-order valence-corrected chi connectivity index (χ3v) is 9.85. The summed E-state index contributed by atoms with van der Waals surface area (Å²) in [4.78, 5) is 27.5. The zero-order chi connectivity index (χ0) is 23.2. The van der Waals surface area contributed by atoms with Crippen molar-refractivity contribution in [2.75, 3.05) is 27.4 Å². The Kier molecular flexibility index (Phi) is 4.46. The molecule has 6 heteroatoms. The first-order valence-corrected chi connectivity index (χ1v) is 12.3. The normalized spacial score (nSPS) is 43.5. The molecule has 0 N–H and O–H groups in total. The van der Waals surface area contributed by atoms with Crippen LogP contribution in [0.3, 0.4) is 0 Å². The van der Waals surface area contributed by atoms with Gasteiger partial charge in [-0.25, -0.2) is 0 Å². The molecule has 4 saturated carbocycles. The van der Waals surface area contributed by atoms with E-state index in [0.29, 0.717) is 31.5 Å². The third kappa shape index (κ3) is 2.28. The topological polar surface area (TPSA) is 71.1 Å². The van der Waals surface area contributed by atoms with Gasteiger partial charge in [-0.2, -0.15) is 0 Å². The van der Waals surface area contributed by atoms with Gasteiger partial charge in [-0.3, -0.25) is 9.59 Å². The van der Waals surface area contributed by atoms with Crippen LogP contribution in [-0.2, 0) is 34.0 Å². The van der Waals surface area contributed by atoms with E-state index in [0.717, 1.165) is 24.8 Å². The van der Waals surface area contributed by atoms with Crippen molar-refractivity contribution in [3.8, 4) is 0 Å². The summed E-state index contributed by atoms with van der Waals surface area (Å²) in [6.45, 7) is 5.14. The fourth-order valence-electron chi connectivity index (χ4n) is 9.08. The van der Waals surface area contributed by atoms with Gasteiger partial charge in [0.1, 0.15) is 5.41 Å². The van der Waals surface area contributed by atoms with E-state index in [9.17, 15) is 9.59 Å². The van der Waals surface area contributed by atoms with Crippen molar-refractivity contribution in [3.05, 3.63) is 35.9 Å². The first-order valence-electron chi connectivity index (χ1n) is 12.3. The van der Waals surface area contributed by atoms with E-state index in [2.05, 4.69) is 26.0 Å². The Labute approximate surface area is 195 Å². The molecule has 7 atom stereocenters. The molecule has 1 saturated heterocycles. The molecule has 178 valence electrons. The molecule has 1 unspecified atom stereocenters. The minimum Gasteiger partial charge on any atom is -0.469 e. The molecular formula is C27H34O6. The molecule has 33 heavy (non-hydrogen) atoms. The van der Waals surface area contributed by atoms with Crippen molar-refractivity contribution in [1.82, 2.24) is 0 Å². The molecule has 0 radical (unpaired) electrons. The maximum atomic E-state index is 14.1. The zero-order valence-electron chi connectivity index (χ0n) is 20.0. The van der Waals surface area contributed by atoms with Crippen LogP contribution in [0.25, 0.3) is 0 Å². The van der Waals surface area contributed by atoms with E-state index in [1.807, 2.05) is 18.2 Å². The maximum Gasteiger partial charge on any atom is 0.318 e. The second kappa shape index (κ2) is 6.82. The predicted octanol–water partition coefficient (Wildman–Crippen LogP) is 3.72. The van der Waals surface area contributed by atoms with Gasteiger partial charge >= 0.3 is 11.9 Å². The average Bonchev–Trinajstić information content (AvgIpc) is 3.56. The number of methoxy groups -OCH3 is 2. The lowest BCUT2D eigenvalue weighted by Crippen LogP contribution is -2.65. The van der Waals surface area contributed by atoms with Crippen LogP contribution in [0.4, 0.5) is 0 Å². The van der Waals surface area contributed by atoms with Crippen LogP contribution >= 0.6 is 0 Å². The van der Waals surface area contributed by atoms with Gasteiger partial charge in [0.05, 0.1) is 38.8 Å². The largest absolute Gasteiger partial charge is 0.469 e. The summed E-state index contributed by atoms with van der Waals surface area (Å²) < 4.78 is 24.6. The van der Waals surface area contributed by atoms with Gasteiger partial charge in [0.25, 0.3) is 0 Å². The number of fused-ring (bicyclic) bond motifs is 7. The van der Waals surface area contributed by atoms with Gasteiger partial charge < -0.3 is 18.9 Å². The summed E-state index contributed by atoms with van der Waals surface area (Å²) >= 11 is 0. The SMILES string of the molecule is COC(=O)C1C[C@]2(c3ccccc3)[C@@H]3[C@H]4CC[C@H](C4)[C@@H]3[C@@]1(C(=O)OC)C21OCC(C)(C)CO1. The zero-order valence-corrected chi connectivity index (χ0v) is 20.0. The summed E-state index contributed by atoms with van der Waals surface area (Å²) in [5, 5.41) is 0. The van der Waals surface area contributed by atoms with Crippen LogP contribution in [0.1, 0.15) is 45.1 Å². The Morgan fingerprint density at radius 3 is 2.18 bits per heavy atom. The lowest BCUT2D eigenvalue weighted by atomic mass is 9.56. The Morgan fingerprint density at radius 2 is 1.58 bits per heavy atom. The number of carbonyl (C=O) groups is 2. The van der Waals surface area contributed by atoms with Crippen LogP contribution in [0.2, 0.25) is 0 Å². The summed E-state index contributed by atoms with van der Waals surface area (Å²) in [6, 6.07) is 10.3. The first kappa shape index (κ1) is 21.6. The number of hydrogen-bond acceptors (Lipinski definition) is 6. The molecule has 5 fully saturated rings. The van der Waals surface area contributed by atoms with Crippen LogP contribution in [0.15, 0.2) is 30.3 Å². The smallest absolute Gasteiger partial charge is 0.318 e. The molecule has 1 aliphatic heterocycles. The van der Waals surface area contributed by atoms with E-state index >= 15 is 0 Å². The van der Waals surface area contributed by atoms with Crippen LogP contribution in [-0.4, -0.2) is 45.2 Å². The van der Waals surface area contributed by atoms with Gasteiger partial charge in [0.2, 0.25) is 0 Å². The molecule has 4 aliphatic carbocycles. The molecule has 1 spiro atoms. The Hall–Kier alpha value is -1.92. The lowest BCUT2D eigenvalue weighted by molar-refractivity contribution is -0.351. The summed E-state index contributed by atoms with van der Waals surface area (Å²) in [7, 11) is 2.83. The Bertz CT molecular complexity index is 978. The number of carbonyl (C=O) groups excluding carboxylic acids is 2. The molecule has 1 aromatic carbocycles. The Balaban J connectivity index is 1.68. The van der Waals surface area contributed by atoms with E-state index in [1.165, 1.54) is 14.2 Å². The fraction of sp³-hybridized carbons (Fsp3) is 0.704. The highest BCUT2D eigenvalue weighted by Gasteiger charge is 2.92. The van der Waals surface area contributed by atoms with Crippen LogP contribution in [0, 0.1) is 40.4 Å². The fourth-order valence-corrected chi connectivity index (χ4v) is 9.08. The number of benzene rings is 1. The summed E-state index contributed by atoms with van der Waals surface area (Å²) in [5.41, 5.74) is -0.907. The molecule has 0 aromatic heterocycles. The van der Waals surface area contributed by atoms with Gasteiger partial charge in [-0.1, -0.05) is 44.2 Å². The van der Waals surface area contributed by atoms with Gasteiger partial charge in [0.15, 0.2) is 5.79 Å². The summed E-state index contributed by atoms with van der Waals surface area (Å²) in [5.74, 6) is -1.63. The van der Waals surface area contributed by atoms with Gasteiger partial charge in [0, 0.05) is 5.41 Å². The molecule has 6 nitrogen and oxygen atoms in total. The van der Waals surface area contributed by atoms with E-state index in [-0.39, 0.29) is 29.2 Å². The molecule has 4 bridgehead atoms. The van der Waals surface area contributed by atoms with Gasteiger partial charge in [-0.15, -0.1) is 0 Å². The minimum atomic E-state index is -1.25. The molecular weight excluding hydrogens is 420 g/mol. The number of ether oxygens (including phenoxy) is 4. The van der Waals surface area contributed by atoms with Crippen LogP contribution < -0.4 is 0 Å². The first-order chi connectivity index (χ1) is 15.8. The van der Waals surface area contributed by atoms with E-state index in [4.69, 9.17) is 18.9 Å². The van der Waals surface area contributed by atoms with Crippen molar-refractivity contribution >= 4 is 11.9 Å². The predicted molar refractivity (Wildman–Crippen MR) is 119 cm³/mol. The van der Waals surface area contributed by atoms with Crippen molar-refractivity contribution in [3.63, 3.8) is 0 Å². The third-order valence-electron chi connectivity index (χ3n) is 9.85. The molecule has 6 rings (SSSR count). The number of hydrogen-bond donors (Lipinski definition) is 0. The Morgan fingerprint density at radius 1 is 0.939 bits per heavy atom. The molecule has 0 amide bonds. The average molecular weight is 455 g/mol. The molecule has 1 aromatic rings. The van der Waals surface area contributed by atoms with Gasteiger partial charge in [-0.05, 0) is 54.9 Å². The second-order valence-electron chi connectivity index (χ2n) is 11.7. The van der Waals surface area contributed by atoms with Crippen LogP contribution in [0.5, 0.6) is 0 Å². The minimum absolute atomic E-state index is 0.0250. The molecule has 5 aliphatic rings. The van der Waals surface area contributed by atoms with Crippen molar-refractivity contribution < 1.29 is 28.5 Å². The number of esters is 2. The highest BCUT2D eigenvalue weighted by atomic mass is 16.7. The second-order valence-corrected chi connectivity index (χ2v) is 11.7. The monoisotopic (exact) mass is 454 g/mol. The standard InChI is InChI=1S/C27H34O6/c1-24(2)14-32-27(33-15-24)25(18-8-6-5-7-9-18)13-19(22(28)30-3)26(27,23(29)31-4)21-17-11-10-16(12-17)20(21)25/h5-9,16-17,19-21H,10-15H2,1-4H3/t16-,17+,19?,20+,21-,25-,26-/m0/s1. The van der Waals surface area contributed by atoms with Crippen molar-refractivity contribution in [2.24, 2.45) is 40.4 Å². The quantitative estimate of drug-likeness (QED) is 0.649. The summed E-state index contributed by atoms with van der Waals surface area (Å²) in [6.07, 6.45) is 3.80. The highest BCUT2D eigenvalue weighted by Crippen LogP contribution is 2.84. The lowest BCUT2D eigenvalue weighted by Gasteiger charge is -2.53. The van der Waals surface area contributed by atoms with E-state index in [1.54, 1.807) is 0 Å². The van der Waals surface area contributed by atoms with E-state index < -0.39 is 22.5 Å². The molecule has 1 heterocycles. The maximum absolute atomic E-state index is 14.1. The number of rotatable bonds is 3.